The first-order valence-electron chi connectivity index (χ1n) is 30.7. The molecule has 0 aliphatic rings. The van der Waals surface area contributed by atoms with Crippen LogP contribution < -0.4 is 5.32 Å². The molecule has 0 rings (SSSR count). The minimum absolute atomic E-state index is 0.0225. The third kappa shape index (κ3) is 54.7. The second-order valence-corrected chi connectivity index (χ2v) is 23.6. The molecule has 0 spiro atoms. The summed E-state index contributed by atoms with van der Waals surface area (Å²) in [5.74, 6) is -0.255. The van der Waals surface area contributed by atoms with Gasteiger partial charge in [-0.05, 0) is 57.8 Å². The molecule has 0 saturated carbocycles. The maximum atomic E-state index is 13.0. The highest BCUT2D eigenvalue weighted by atomic mass is 31.2. The van der Waals surface area contributed by atoms with E-state index in [2.05, 4.69) is 79.9 Å². The largest absolute Gasteiger partial charge is 0.472 e. The fraction of sp³-hybridized carbons (Fsp3) is 0.825. The van der Waals surface area contributed by atoms with Gasteiger partial charge in [-0.25, -0.2) is 4.57 Å². The molecule has 1 amide bonds. The van der Waals surface area contributed by atoms with Crippen LogP contribution in [0.3, 0.4) is 0 Å². The Morgan fingerprint density at radius 2 is 0.849 bits per heavy atom. The van der Waals surface area contributed by atoms with Crippen molar-refractivity contribution in [2.75, 3.05) is 40.9 Å². The molecular weight excluding hydrogens is 928 g/mol. The van der Waals surface area contributed by atoms with E-state index < -0.39 is 32.7 Å². The van der Waals surface area contributed by atoms with Crippen LogP contribution in [0.4, 0.5) is 0 Å². The fourth-order valence-corrected chi connectivity index (χ4v) is 9.79. The van der Waals surface area contributed by atoms with E-state index in [1.165, 1.54) is 180 Å². The van der Waals surface area contributed by atoms with Crippen LogP contribution in [0.25, 0.3) is 0 Å². The molecule has 9 nitrogen and oxygen atoms in total. The van der Waals surface area contributed by atoms with E-state index in [4.69, 9.17) is 9.05 Å². The molecule has 0 aromatic rings. The van der Waals surface area contributed by atoms with Gasteiger partial charge in [0.15, 0.2) is 0 Å². The number of phosphoric ester groups is 1. The first-order valence-corrected chi connectivity index (χ1v) is 32.2. The van der Waals surface area contributed by atoms with Crippen molar-refractivity contribution >= 4 is 13.7 Å². The molecule has 0 aromatic heterocycles. The van der Waals surface area contributed by atoms with E-state index in [-0.39, 0.29) is 12.5 Å². The Labute approximate surface area is 452 Å². The lowest BCUT2D eigenvalue weighted by atomic mass is 9.99. The maximum Gasteiger partial charge on any atom is 0.472 e. The Morgan fingerprint density at radius 3 is 1.25 bits per heavy atom. The highest BCUT2D eigenvalue weighted by Crippen LogP contribution is 2.43. The quantitative estimate of drug-likeness (QED) is 0.0207. The average Bonchev–Trinajstić information content (AvgIpc) is 3.35. The summed E-state index contributed by atoms with van der Waals surface area (Å²) in [6.45, 7) is 4.51. The van der Waals surface area contributed by atoms with Crippen LogP contribution in [0.5, 0.6) is 0 Å². The van der Waals surface area contributed by atoms with Gasteiger partial charge in [0, 0.05) is 6.42 Å². The molecular formula is C63H120N2O7P+. The number of aliphatic hydroxyl groups is 2. The van der Waals surface area contributed by atoms with E-state index in [0.29, 0.717) is 23.9 Å². The van der Waals surface area contributed by atoms with Crippen LogP contribution in [-0.2, 0) is 18.4 Å². The van der Waals surface area contributed by atoms with Gasteiger partial charge in [-0.15, -0.1) is 0 Å². The number of carbonyl (C=O) groups excluding carboxylic acids is 1. The lowest BCUT2D eigenvalue weighted by molar-refractivity contribution is -0.870. The second kappa shape index (κ2) is 53.6. The third-order valence-corrected chi connectivity index (χ3v) is 14.9. The molecule has 0 aliphatic heterocycles. The molecule has 0 aliphatic carbocycles. The van der Waals surface area contributed by atoms with Crippen LogP contribution >= 0.6 is 7.82 Å². The second-order valence-electron chi connectivity index (χ2n) is 22.2. The van der Waals surface area contributed by atoms with Crippen LogP contribution in [-0.4, -0.2) is 84.6 Å². The summed E-state index contributed by atoms with van der Waals surface area (Å²) in [5.41, 5.74) is 0. The molecule has 0 heterocycles. The molecule has 4 atom stereocenters. The number of unbranched alkanes of at least 4 members (excludes halogenated alkanes) is 32. The fourth-order valence-electron chi connectivity index (χ4n) is 9.05. The lowest BCUT2D eigenvalue weighted by Gasteiger charge is -2.28. The molecule has 4 unspecified atom stereocenters. The van der Waals surface area contributed by atoms with Gasteiger partial charge in [0.05, 0.1) is 39.9 Å². The molecule has 73 heavy (non-hydrogen) atoms. The predicted molar refractivity (Wildman–Crippen MR) is 315 cm³/mol. The topological polar surface area (TPSA) is 125 Å². The molecule has 0 bridgehead atoms. The summed E-state index contributed by atoms with van der Waals surface area (Å²) >= 11 is 0. The summed E-state index contributed by atoms with van der Waals surface area (Å²) in [6.07, 6.45) is 69.0. The summed E-state index contributed by atoms with van der Waals surface area (Å²) in [4.78, 5) is 23.3. The van der Waals surface area contributed by atoms with E-state index >= 15 is 0 Å². The van der Waals surface area contributed by atoms with Crippen molar-refractivity contribution < 1.29 is 38.0 Å². The van der Waals surface area contributed by atoms with Gasteiger partial charge < -0.3 is 24.9 Å². The summed E-state index contributed by atoms with van der Waals surface area (Å²) in [5, 5.41) is 24.8. The third-order valence-electron chi connectivity index (χ3n) is 13.9. The zero-order chi connectivity index (χ0) is 53.6. The van der Waals surface area contributed by atoms with E-state index in [0.717, 1.165) is 70.6 Å². The normalized spacial score (nSPS) is 14.7. The van der Waals surface area contributed by atoms with Crippen molar-refractivity contribution in [2.24, 2.45) is 0 Å². The number of phosphoric acid groups is 1. The Bertz CT molecular complexity index is 1390. The number of quaternary nitrogens is 1. The van der Waals surface area contributed by atoms with Crippen molar-refractivity contribution in [3.05, 3.63) is 60.8 Å². The van der Waals surface area contributed by atoms with E-state index in [1.807, 2.05) is 21.1 Å². The highest BCUT2D eigenvalue weighted by molar-refractivity contribution is 7.47. The number of hydrogen-bond donors (Lipinski definition) is 4. The minimum Gasteiger partial charge on any atom is -0.390 e. The van der Waals surface area contributed by atoms with E-state index in [1.54, 1.807) is 0 Å². The van der Waals surface area contributed by atoms with Crippen molar-refractivity contribution in [2.45, 2.75) is 295 Å². The number of aliphatic hydroxyl groups excluding tert-OH is 2. The first-order chi connectivity index (χ1) is 35.4. The van der Waals surface area contributed by atoms with Gasteiger partial charge in [0.2, 0.25) is 5.91 Å². The molecule has 0 saturated heterocycles. The zero-order valence-electron chi connectivity index (χ0n) is 48.5. The average molecular weight is 1050 g/mol. The Morgan fingerprint density at radius 1 is 0.493 bits per heavy atom. The van der Waals surface area contributed by atoms with Crippen molar-refractivity contribution in [1.82, 2.24) is 5.32 Å². The number of hydrogen-bond acceptors (Lipinski definition) is 6. The van der Waals surface area contributed by atoms with Gasteiger partial charge in [-0.2, -0.15) is 0 Å². The van der Waals surface area contributed by atoms with E-state index in [9.17, 15) is 24.5 Å². The summed E-state index contributed by atoms with van der Waals surface area (Å²) in [7, 11) is 1.44. The summed E-state index contributed by atoms with van der Waals surface area (Å²) < 4.78 is 23.6. The molecule has 0 radical (unpaired) electrons. The smallest absolute Gasteiger partial charge is 0.390 e. The number of rotatable bonds is 56. The van der Waals surface area contributed by atoms with Gasteiger partial charge in [-0.1, -0.05) is 274 Å². The van der Waals surface area contributed by atoms with Gasteiger partial charge in [-0.3, -0.25) is 13.8 Å². The molecule has 0 aromatic carbocycles. The number of allylic oxidation sites excluding steroid dienone is 10. The van der Waals surface area contributed by atoms with Gasteiger partial charge in [0.25, 0.3) is 0 Å². The lowest BCUT2D eigenvalue weighted by Crippen LogP contribution is -2.51. The molecule has 10 heteroatoms. The number of nitrogens with one attached hydrogen (secondary N) is 1. The van der Waals surface area contributed by atoms with Crippen LogP contribution in [0.15, 0.2) is 60.8 Å². The molecule has 0 fully saturated rings. The van der Waals surface area contributed by atoms with Gasteiger partial charge in [0.1, 0.15) is 19.3 Å². The predicted octanol–water partition coefficient (Wildman–Crippen LogP) is 17.8. The standard InChI is InChI=1S/C63H119N2O7P/c1-6-8-10-12-14-16-18-20-21-22-23-24-25-26-27-28-29-30-31-32-33-34-35-36-37-38-39-40-41-42-43-44-46-48-50-52-54-56-62(67)64-60(59-72-73(69,70)71-58-57-65(3,4)5)63(68)61(66)55-53-51-49-47-45-19-17-15-13-11-9-7-2/h8,10,14,16,20-21,23-24,26-27,60-61,63,66,68H,6-7,9,11-13,15,17-19,22,25,28-59H2,1-5H3,(H-,64,67,69,70)/p+1/b10-8-,16-14-,21-20-,24-23-,27-26-. The summed E-state index contributed by atoms with van der Waals surface area (Å²) in [6, 6.07) is -1.03. The first kappa shape index (κ1) is 71.2. The Balaban J connectivity index is 3.99. The number of amides is 1. The Kier molecular flexibility index (Phi) is 52.2. The van der Waals surface area contributed by atoms with Crippen molar-refractivity contribution in [3.63, 3.8) is 0 Å². The number of carbonyl (C=O) groups is 1. The molecule has 4 N–H and O–H groups in total. The van der Waals surface area contributed by atoms with Crippen LogP contribution in [0.1, 0.15) is 277 Å². The number of nitrogens with zero attached hydrogens (tertiary/aromatic N) is 1. The maximum absolute atomic E-state index is 13.0. The SMILES string of the molecule is CC/C=C\C/C=C\C/C=C\C/C=C\C/C=C\CCCCCCCCCCCCCCCCCCCCCCCC(=O)NC(COP(=O)(O)OCC[N+](C)(C)C)C(O)C(O)CCCCCCCCCCCCCC. The molecule has 428 valence electrons. The minimum atomic E-state index is -4.42. The van der Waals surface area contributed by atoms with Crippen molar-refractivity contribution in [1.29, 1.82) is 0 Å². The Hall–Kier alpha value is -1.84. The zero-order valence-corrected chi connectivity index (χ0v) is 49.4. The number of likely N-dealkylation sites (N-methyl/N-ethyl adjacent to an activating group) is 1. The van der Waals surface area contributed by atoms with Crippen LogP contribution in [0, 0.1) is 0 Å². The van der Waals surface area contributed by atoms with Gasteiger partial charge >= 0.3 is 7.82 Å². The van der Waals surface area contributed by atoms with Crippen molar-refractivity contribution in [3.8, 4) is 0 Å². The van der Waals surface area contributed by atoms with Crippen LogP contribution in [0.2, 0.25) is 0 Å². The highest BCUT2D eigenvalue weighted by Gasteiger charge is 2.32. The monoisotopic (exact) mass is 1050 g/mol.